The molecule has 0 aliphatic heterocycles. The van der Waals surface area contributed by atoms with Crippen molar-refractivity contribution in [1.29, 1.82) is 0 Å². The van der Waals surface area contributed by atoms with E-state index in [9.17, 15) is 0 Å². The third-order valence-electron chi connectivity index (χ3n) is 2.37. The van der Waals surface area contributed by atoms with Crippen LogP contribution in [-0.4, -0.2) is 18.1 Å². The molecule has 0 spiro atoms. The first-order valence-corrected chi connectivity index (χ1v) is 6.25. The summed E-state index contributed by atoms with van der Waals surface area (Å²) in [4.78, 5) is 6.82. The molecule has 0 N–H and O–H groups in total. The van der Waals surface area contributed by atoms with Crippen molar-refractivity contribution >= 4 is 38.3 Å². The van der Waals surface area contributed by atoms with Gasteiger partial charge in [-0.3, -0.25) is 0 Å². The lowest BCUT2D eigenvalue weighted by molar-refractivity contribution is 0.862. The van der Waals surface area contributed by atoms with E-state index >= 15 is 0 Å². The fourth-order valence-corrected chi connectivity index (χ4v) is 2.76. The zero-order valence-corrected chi connectivity index (χ0v) is 10.4. The van der Waals surface area contributed by atoms with Crippen molar-refractivity contribution in [3.8, 4) is 0 Å². The zero-order valence-electron chi connectivity index (χ0n) is 8.83. The number of nitrogens with zero attached hydrogens (tertiary/aromatic N) is 2. The quantitative estimate of drug-likeness (QED) is 0.812. The summed E-state index contributed by atoms with van der Waals surface area (Å²) in [5, 5.41) is 1.83. The van der Waals surface area contributed by atoms with E-state index in [0.717, 1.165) is 28.8 Å². The van der Waals surface area contributed by atoms with Crippen molar-refractivity contribution in [2.75, 3.05) is 18.0 Å². The zero-order chi connectivity index (χ0) is 10.8. The molecule has 0 amide bonds. The third kappa shape index (κ3) is 2.08. The van der Waals surface area contributed by atoms with Crippen molar-refractivity contribution in [3.05, 3.63) is 23.2 Å². The predicted molar refractivity (Wildman–Crippen MR) is 68.2 cm³/mol. The van der Waals surface area contributed by atoms with Gasteiger partial charge in [0.15, 0.2) is 5.13 Å². The Balaban J connectivity index is 2.46. The highest BCUT2D eigenvalue weighted by Crippen LogP contribution is 2.30. The summed E-state index contributed by atoms with van der Waals surface area (Å²) in [6.45, 7) is 6.26. The van der Waals surface area contributed by atoms with Crippen LogP contribution in [0.15, 0.2) is 18.2 Å². The van der Waals surface area contributed by atoms with Crippen LogP contribution in [-0.2, 0) is 0 Å². The average Bonchev–Trinajstić information content (AvgIpc) is 2.62. The molecule has 2 aromatic rings. The number of hydrogen-bond donors (Lipinski definition) is 0. The summed E-state index contributed by atoms with van der Waals surface area (Å²) in [5.41, 5.74) is 0.995. The highest BCUT2D eigenvalue weighted by atomic mass is 35.5. The molecule has 0 aliphatic rings. The molecule has 0 fully saturated rings. The summed E-state index contributed by atoms with van der Waals surface area (Å²) in [6.07, 6.45) is 0. The van der Waals surface area contributed by atoms with Gasteiger partial charge >= 0.3 is 0 Å². The van der Waals surface area contributed by atoms with Crippen molar-refractivity contribution in [1.82, 2.24) is 4.98 Å². The van der Waals surface area contributed by atoms with Crippen LogP contribution < -0.4 is 4.90 Å². The van der Waals surface area contributed by atoms with E-state index in [-0.39, 0.29) is 0 Å². The van der Waals surface area contributed by atoms with Crippen LogP contribution in [0, 0.1) is 0 Å². The van der Waals surface area contributed by atoms with E-state index in [1.165, 1.54) is 4.70 Å². The van der Waals surface area contributed by atoms with Gasteiger partial charge in [0.1, 0.15) is 0 Å². The van der Waals surface area contributed by atoms with Gasteiger partial charge in [0.2, 0.25) is 0 Å². The van der Waals surface area contributed by atoms with Crippen LogP contribution in [0.25, 0.3) is 10.2 Å². The molecule has 15 heavy (non-hydrogen) atoms. The number of hydrogen-bond acceptors (Lipinski definition) is 3. The van der Waals surface area contributed by atoms with E-state index in [2.05, 4.69) is 23.7 Å². The molecule has 1 heterocycles. The highest BCUT2D eigenvalue weighted by molar-refractivity contribution is 7.22. The van der Waals surface area contributed by atoms with Gasteiger partial charge < -0.3 is 4.90 Å². The van der Waals surface area contributed by atoms with Crippen LogP contribution in [0.4, 0.5) is 5.13 Å². The standard InChI is InChI=1S/C11H13ClN2S/c1-3-14(4-2)11-13-9-7-8(12)5-6-10(9)15-11/h5-7H,3-4H2,1-2H3. The second-order valence-electron chi connectivity index (χ2n) is 3.28. The Kier molecular flexibility index (Phi) is 3.12. The normalized spacial score (nSPS) is 10.9. The van der Waals surface area contributed by atoms with Crippen LogP contribution in [0.2, 0.25) is 5.02 Å². The number of halogens is 1. The van der Waals surface area contributed by atoms with E-state index < -0.39 is 0 Å². The van der Waals surface area contributed by atoms with Gasteiger partial charge in [0.25, 0.3) is 0 Å². The van der Waals surface area contributed by atoms with E-state index in [0.29, 0.717) is 0 Å². The lowest BCUT2D eigenvalue weighted by Crippen LogP contribution is -2.21. The van der Waals surface area contributed by atoms with Crippen molar-refractivity contribution < 1.29 is 0 Å². The lowest BCUT2D eigenvalue weighted by atomic mass is 10.3. The Morgan fingerprint density at radius 1 is 1.33 bits per heavy atom. The predicted octanol–water partition coefficient (Wildman–Crippen LogP) is 3.80. The maximum Gasteiger partial charge on any atom is 0.186 e. The second kappa shape index (κ2) is 4.37. The molecule has 0 saturated heterocycles. The molecule has 0 saturated carbocycles. The lowest BCUT2D eigenvalue weighted by Gasteiger charge is -2.16. The number of thiazole rings is 1. The number of anilines is 1. The van der Waals surface area contributed by atoms with Gasteiger partial charge in [-0.25, -0.2) is 4.98 Å². The SMILES string of the molecule is CCN(CC)c1nc2cc(Cl)ccc2s1. The molecular formula is C11H13ClN2S. The van der Waals surface area contributed by atoms with Crippen molar-refractivity contribution in [2.24, 2.45) is 0 Å². The molecule has 0 radical (unpaired) electrons. The highest BCUT2D eigenvalue weighted by Gasteiger charge is 2.08. The molecule has 0 bridgehead atoms. The Bertz CT molecular complexity index is 463. The first kappa shape index (κ1) is 10.7. The summed E-state index contributed by atoms with van der Waals surface area (Å²) in [6, 6.07) is 5.86. The third-order valence-corrected chi connectivity index (χ3v) is 3.70. The van der Waals surface area contributed by atoms with Gasteiger partial charge in [0.05, 0.1) is 10.2 Å². The molecule has 1 aromatic heterocycles. The maximum atomic E-state index is 5.93. The van der Waals surface area contributed by atoms with Crippen LogP contribution in [0.3, 0.4) is 0 Å². The molecule has 80 valence electrons. The molecule has 0 atom stereocenters. The number of benzene rings is 1. The summed E-state index contributed by atoms with van der Waals surface area (Å²) >= 11 is 7.65. The summed E-state index contributed by atoms with van der Waals surface area (Å²) in [7, 11) is 0. The summed E-state index contributed by atoms with van der Waals surface area (Å²) < 4.78 is 1.20. The summed E-state index contributed by atoms with van der Waals surface area (Å²) in [5.74, 6) is 0. The first-order valence-electron chi connectivity index (χ1n) is 5.05. The van der Waals surface area contributed by atoms with Crippen LogP contribution >= 0.6 is 22.9 Å². The largest absolute Gasteiger partial charge is 0.349 e. The first-order chi connectivity index (χ1) is 7.24. The number of aromatic nitrogens is 1. The minimum atomic E-state index is 0.749. The molecule has 0 unspecified atom stereocenters. The fraction of sp³-hybridized carbons (Fsp3) is 0.364. The van der Waals surface area contributed by atoms with Crippen molar-refractivity contribution in [2.45, 2.75) is 13.8 Å². The number of fused-ring (bicyclic) bond motifs is 1. The van der Waals surface area contributed by atoms with E-state index in [1.807, 2.05) is 18.2 Å². The van der Waals surface area contributed by atoms with Gasteiger partial charge in [-0.15, -0.1) is 0 Å². The van der Waals surface area contributed by atoms with E-state index in [1.54, 1.807) is 11.3 Å². The maximum absolute atomic E-state index is 5.93. The molecule has 2 rings (SSSR count). The van der Waals surface area contributed by atoms with E-state index in [4.69, 9.17) is 11.6 Å². The molecule has 4 heteroatoms. The molecule has 1 aromatic carbocycles. The number of rotatable bonds is 3. The molecular weight excluding hydrogens is 228 g/mol. The molecule has 0 aliphatic carbocycles. The van der Waals surface area contributed by atoms with Crippen molar-refractivity contribution in [3.63, 3.8) is 0 Å². The Labute approximate surface area is 98.5 Å². The smallest absolute Gasteiger partial charge is 0.186 e. The minimum Gasteiger partial charge on any atom is -0.349 e. The van der Waals surface area contributed by atoms with Crippen LogP contribution in [0.1, 0.15) is 13.8 Å². The topological polar surface area (TPSA) is 16.1 Å². The van der Waals surface area contributed by atoms with Gasteiger partial charge in [0, 0.05) is 18.1 Å². The molecule has 2 nitrogen and oxygen atoms in total. The Morgan fingerprint density at radius 2 is 2.07 bits per heavy atom. The second-order valence-corrected chi connectivity index (χ2v) is 4.73. The monoisotopic (exact) mass is 240 g/mol. The minimum absolute atomic E-state index is 0.749. The van der Waals surface area contributed by atoms with Crippen LogP contribution in [0.5, 0.6) is 0 Å². The fourth-order valence-electron chi connectivity index (χ4n) is 1.52. The average molecular weight is 241 g/mol. The Morgan fingerprint density at radius 3 is 2.73 bits per heavy atom. The Hall–Kier alpha value is -0.800. The van der Waals surface area contributed by atoms with Gasteiger partial charge in [-0.1, -0.05) is 22.9 Å². The van der Waals surface area contributed by atoms with Gasteiger partial charge in [-0.2, -0.15) is 0 Å². The van der Waals surface area contributed by atoms with Gasteiger partial charge in [-0.05, 0) is 32.0 Å².